The van der Waals surface area contributed by atoms with Crippen LogP contribution in [0.4, 0.5) is 5.69 Å². The lowest BCUT2D eigenvalue weighted by Gasteiger charge is -2.15. The molecule has 0 fully saturated rings. The van der Waals surface area contributed by atoms with E-state index in [-0.39, 0.29) is 36.7 Å². The standard InChI is InChI=1S/C20H20N2O7/c1-27-19(25)14-11-22(9-10-23)18(24)17(14)21-13-5-3-12(4-6-13)15-7-8-16(29-15)20(26)28-2/h3-8,21,23H,9-11H2,1-2H3. The zero-order valence-corrected chi connectivity index (χ0v) is 15.9. The van der Waals surface area contributed by atoms with Crippen molar-refractivity contribution in [2.24, 2.45) is 0 Å². The second kappa shape index (κ2) is 8.61. The highest BCUT2D eigenvalue weighted by Gasteiger charge is 2.34. The van der Waals surface area contributed by atoms with Crippen LogP contribution in [0, 0.1) is 0 Å². The first kappa shape index (κ1) is 20.2. The smallest absolute Gasteiger partial charge is 0.373 e. The highest BCUT2D eigenvalue weighted by Crippen LogP contribution is 2.26. The lowest BCUT2D eigenvalue weighted by Crippen LogP contribution is -2.31. The van der Waals surface area contributed by atoms with Gasteiger partial charge in [-0.1, -0.05) is 0 Å². The van der Waals surface area contributed by atoms with E-state index in [9.17, 15) is 14.4 Å². The molecule has 1 aliphatic heterocycles. The topological polar surface area (TPSA) is 118 Å². The Labute approximate surface area is 166 Å². The monoisotopic (exact) mass is 400 g/mol. The molecule has 2 heterocycles. The Balaban J connectivity index is 1.80. The Morgan fingerprint density at radius 1 is 1.10 bits per heavy atom. The van der Waals surface area contributed by atoms with Gasteiger partial charge in [-0.05, 0) is 36.4 Å². The average Bonchev–Trinajstić information content (AvgIpc) is 3.34. The van der Waals surface area contributed by atoms with Crippen LogP contribution >= 0.6 is 0 Å². The number of carbonyl (C=O) groups is 3. The molecule has 0 radical (unpaired) electrons. The number of methoxy groups -OCH3 is 2. The van der Waals surface area contributed by atoms with Crippen LogP contribution in [0.5, 0.6) is 0 Å². The third-order valence-corrected chi connectivity index (χ3v) is 4.38. The Morgan fingerprint density at radius 3 is 2.41 bits per heavy atom. The summed E-state index contributed by atoms with van der Waals surface area (Å²) in [5.74, 6) is -0.985. The van der Waals surface area contributed by atoms with Gasteiger partial charge in [0.15, 0.2) is 0 Å². The summed E-state index contributed by atoms with van der Waals surface area (Å²) in [5, 5.41) is 12.1. The number of ether oxygens (including phenoxy) is 2. The number of hydrogen-bond donors (Lipinski definition) is 2. The molecular formula is C20H20N2O7. The fraction of sp³-hybridized carbons (Fsp3) is 0.250. The summed E-state index contributed by atoms with van der Waals surface area (Å²) < 4.78 is 14.8. The number of β-amino-alcohol motifs (C(OH)–C–C–N with tert-alkyl or cyclic N) is 1. The molecule has 3 rings (SSSR count). The number of amides is 1. The molecule has 2 aromatic rings. The van der Waals surface area contributed by atoms with Gasteiger partial charge in [0.1, 0.15) is 11.5 Å². The molecule has 9 nitrogen and oxygen atoms in total. The molecule has 152 valence electrons. The van der Waals surface area contributed by atoms with Crippen LogP contribution in [0.1, 0.15) is 10.6 Å². The third kappa shape index (κ3) is 4.14. The Kier molecular flexibility index (Phi) is 5.99. The van der Waals surface area contributed by atoms with E-state index < -0.39 is 17.8 Å². The van der Waals surface area contributed by atoms with Gasteiger partial charge >= 0.3 is 11.9 Å². The molecule has 0 unspecified atom stereocenters. The van der Waals surface area contributed by atoms with Crippen molar-refractivity contribution >= 4 is 23.5 Å². The predicted octanol–water partition coefficient (Wildman–Crippen LogP) is 1.41. The molecule has 0 saturated carbocycles. The first-order valence-corrected chi connectivity index (χ1v) is 8.75. The second-order valence-corrected chi connectivity index (χ2v) is 6.15. The number of nitrogens with zero attached hydrogens (tertiary/aromatic N) is 1. The van der Waals surface area contributed by atoms with E-state index in [4.69, 9.17) is 14.3 Å². The molecule has 1 amide bonds. The molecule has 9 heteroatoms. The van der Waals surface area contributed by atoms with Crippen molar-refractivity contribution in [3.63, 3.8) is 0 Å². The van der Waals surface area contributed by atoms with Gasteiger partial charge in [0.05, 0.1) is 32.9 Å². The number of rotatable bonds is 7. The van der Waals surface area contributed by atoms with Crippen LogP contribution in [0.2, 0.25) is 0 Å². The summed E-state index contributed by atoms with van der Waals surface area (Å²) in [7, 11) is 2.52. The average molecular weight is 400 g/mol. The summed E-state index contributed by atoms with van der Waals surface area (Å²) in [6, 6.07) is 10.1. The molecule has 0 atom stereocenters. The van der Waals surface area contributed by atoms with Gasteiger partial charge in [0.2, 0.25) is 5.76 Å². The number of aliphatic hydroxyl groups excluding tert-OH is 1. The molecule has 2 N–H and O–H groups in total. The van der Waals surface area contributed by atoms with Crippen molar-refractivity contribution in [1.29, 1.82) is 0 Å². The van der Waals surface area contributed by atoms with Gasteiger partial charge < -0.3 is 29.2 Å². The number of aliphatic hydroxyl groups is 1. The Hall–Kier alpha value is -3.59. The molecule has 0 spiro atoms. The summed E-state index contributed by atoms with van der Waals surface area (Å²) in [6.45, 7) is -0.0292. The number of anilines is 1. The second-order valence-electron chi connectivity index (χ2n) is 6.15. The fourth-order valence-electron chi connectivity index (χ4n) is 2.91. The van der Waals surface area contributed by atoms with Crippen LogP contribution in [0.25, 0.3) is 11.3 Å². The van der Waals surface area contributed by atoms with Crippen molar-refractivity contribution in [2.45, 2.75) is 0 Å². The van der Waals surface area contributed by atoms with Crippen LogP contribution < -0.4 is 5.32 Å². The first-order valence-electron chi connectivity index (χ1n) is 8.75. The van der Waals surface area contributed by atoms with E-state index in [2.05, 4.69) is 10.1 Å². The van der Waals surface area contributed by atoms with Crippen molar-refractivity contribution in [3.05, 3.63) is 53.4 Å². The van der Waals surface area contributed by atoms with Crippen molar-refractivity contribution < 1.29 is 33.4 Å². The summed E-state index contributed by atoms with van der Waals surface area (Å²) in [5.41, 5.74) is 1.60. The minimum Gasteiger partial charge on any atom is -0.466 e. The zero-order valence-electron chi connectivity index (χ0n) is 15.9. The van der Waals surface area contributed by atoms with E-state index in [1.54, 1.807) is 30.3 Å². The fourth-order valence-corrected chi connectivity index (χ4v) is 2.91. The quantitative estimate of drug-likeness (QED) is 0.670. The zero-order chi connectivity index (χ0) is 21.0. The van der Waals surface area contributed by atoms with Crippen LogP contribution in [-0.2, 0) is 19.1 Å². The van der Waals surface area contributed by atoms with Crippen molar-refractivity contribution in [2.75, 3.05) is 39.2 Å². The maximum absolute atomic E-state index is 12.5. The van der Waals surface area contributed by atoms with Gasteiger partial charge in [-0.15, -0.1) is 0 Å². The largest absolute Gasteiger partial charge is 0.466 e. The van der Waals surface area contributed by atoms with Crippen molar-refractivity contribution in [3.8, 4) is 11.3 Å². The highest BCUT2D eigenvalue weighted by atomic mass is 16.5. The molecule has 0 aliphatic carbocycles. The Bertz CT molecular complexity index is 959. The van der Waals surface area contributed by atoms with Gasteiger partial charge in [-0.25, -0.2) is 9.59 Å². The summed E-state index contributed by atoms with van der Waals surface area (Å²) >= 11 is 0. The van der Waals surface area contributed by atoms with Gasteiger partial charge in [0, 0.05) is 17.8 Å². The molecule has 0 saturated heterocycles. The van der Waals surface area contributed by atoms with E-state index in [0.29, 0.717) is 17.0 Å². The van der Waals surface area contributed by atoms with E-state index in [0.717, 1.165) is 0 Å². The minimum absolute atomic E-state index is 0.0647. The molecule has 1 aromatic heterocycles. The number of benzene rings is 1. The number of nitrogens with one attached hydrogen (secondary N) is 1. The lowest BCUT2D eigenvalue weighted by atomic mass is 10.1. The van der Waals surface area contributed by atoms with Crippen molar-refractivity contribution in [1.82, 2.24) is 4.90 Å². The van der Waals surface area contributed by atoms with E-state index in [1.165, 1.54) is 25.2 Å². The van der Waals surface area contributed by atoms with Gasteiger partial charge in [-0.3, -0.25) is 4.79 Å². The number of carbonyl (C=O) groups excluding carboxylic acids is 3. The molecule has 0 bridgehead atoms. The maximum atomic E-state index is 12.5. The molecular weight excluding hydrogens is 380 g/mol. The SMILES string of the molecule is COC(=O)C1=C(Nc2ccc(-c3ccc(C(=O)OC)o3)cc2)C(=O)N(CCO)C1. The number of furan rings is 1. The van der Waals surface area contributed by atoms with Crippen LogP contribution in [0.15, 0.2) is 52.1 Å². The molecule has 1 aliphatic rings. The van der Waals surface area contributed by atoms with Crippen LogP contribution in [-0.4, -0.2) is 61.8 Å². The van der Waals surface area contributed by atoms with Gasteiger partial charge in [0.25, 0.3) is 5.91 Å². The van der Waals surface area contributed by atoms with Crippen LogP contribution in [0.3, 0.4) is 0 Å². The summed E-state index contributed by atoms with van der Waals surface area (Å²) in [6.07, 6.45) is 0. The van der Waals surface area contributed by atoms with E-state index in [1.807, 2.05) is 0 Å². The molecule has 29 heavy (non-hydrogen) atoms. The predicted molar refractivity (Wildman–Crippen MR) is 102 cm³/mol. The summed E-state index contributed by atoms with van der Waals surface area (Å²) in [4.78, 5) is 37.4. The third-order valence-electron chi connectivity index (χ3n) is 4.38. The number of hydrogen-bond acceptors (Lipinski definition) is 8. The first-order chi connectivity index (χ1) is 14.0. The normalized spacial score (nSPS) is 13.6. The maximum Gasteiger partial charge on any atom is 0.373 e. The van der Waals surface area contributed by atoms with E-state index >= 15 is 0 Å². The number of esters is 2. The van der Waals surface area contributed by atoms with Gasteiger partial charge in [-0.2, -0.15) is 0 Å². The minimum atomic E-state index is -0.608. The molecule has 1 aromatic carbocycles. The highest BCUT2D eigenvalue weighted by molar-refractivity contribution is 6.08. The lowest BCUT2D eigenvalue weighted by molar-refractivity contribution is -0.136. The Morgan fingerprint density at radius 2 is 1.79 bits per heavy atom.